The van der Waals surface area contributed by atoms with Crippen molar-refractivity contribution in [1.29, 1.82) is 0 Å². The molecule has 1 aromatic rings. The molecule has 1 saturated carbocycles. The van der Waals surface area contributed by atoms with Crippen LogP contribution in [-0.2, 0) is 6.42 Å². The summed E-state index contributed by atoms with van der Waals surface area (Å²) < 4.78 is 6.27. The van der Waals surface area contributed by atoms with Gasteiger partial charge in [-0.15, -0.1) is 0 Å². The van der Waals surface area contributed by atoms with Crippen molar-refractivity contribution in [2.75, 3.05) is 11.9 Å². The third-order valence-corrected chi connectivity index (χ3v) is 4.27. The Morgan fingerprint density at radius 2 is 2.22 bits per heavy atom. The molecule has 0 spiro atoms. The SMILES string of the molecule is CC1(C)CCC(Oc2cccc3c2CCCN3)C1. The Morgan fingerprint density at radius 1 is 1.33 bits per heavy atom. The Kier molecular flexibility index (Phi) is 2.96. The highest BCUT2D eigenvalue weighted by Crippen LogP contribution is 2.40. The van der Waals surface area contributed by atoms with Gasteiger partial charge in [0.15, 0.2) is 0 Å². The molecule has 2 heteroatoms. The van der Waals surface area contributed by atoms with E-state index in [4.69, 9.17) is 4.74 Å². The van der Waals surface area contributed by atoms with E-state index in [1.165, 1.54) is 36.9 Å². The van der Waals surface area contributed by atoms with Gasteiger partial charge in [-0.25, -0.2) is 0 Å². The molecule has 3 rings (SSSR count). The molecule has 1 unspecified atom stereocenters. The summed E-state index contributed by atoms with van der Waals surface area (Å²) in [4.78, 5) is 0. The van der Waals surface area contributed by atoms with Crippen LogP contribution in [0.15, 0.2) is 18.2 Å². The number of hydrogen-bond acceptors (Lipinski definition) is 2. The molecule has 0 bridgehead atoms. The van der Waals surface area contributed by atoms with Crippen LogP contribution >= 0.6 is 0 Å². The zero-order chi connectivity index (χ0) is 12.6. The summed E-state index contributed by atoms with van der Waals surface area (Å²) in [5.74, 6) is 1.11. The second kappa shape index (κ2) is 4.49. The number of anilines is 1. The number of benzene rings is 1. The Bertz CT molecular complexity index is 439. The number of hydrogen-bond donors (Lipinski definition) is 1. The maximum absolute atomic E-state index is 6.27. The molecule has 18 heavy (non-hydrogen) atoms. The quantitative estimate of drug-likeness (QED) is 0.850. The molecule has 0 saturated heterocycles. The van der Waals surface area contributed by atoms with Gasteiger partial charge in [0.2, 0.25) is 0 Å². The minimum Gasteiger partial charge on any atom is -0.490 e. The van der Waals surface area contributed by atoms with Crippen molar-refractivity contribution in [3.8, 4) is 5.75 Å². The molecule has 1 aromatic carbocycles. The van der Waals surface area contributed by atoms with E-state index in [2.05, 4.69) is 37.4 Å². The van der Waals surface area contributed by atoms with Crippen LogP contribution in [0.2, 0.25) is 0 Å². The Labute approximate surface area is 110 Å². The average Bonchev–Trinajstić information content (AvgIpc) is 2.69. The van der Waals surface area contributed by atoms with Crippen LogP contribution in [0.1, 0.15) is 45.1 Å². The van der Waals surface area contributed by atoms with Crippen molar-refractivity contribution in [1.82, 2.24) is 0 Å². The molecule has 0 aromatic heterocycles. The lowest BCUT2D eigenvalue weighted by atomic mass is 9.92. The molecular formula is C16H23NO. The van der Waals surface area contributed by atoms with Crippen molar-refractivity contribution >= 4 is 5.69 Å². The van der Waals surface area contributed by atoms with E-state index in [1.807, 2.05) is 0 Å². The highest BCUT2D eigenvalue weighted by atomic mass is 16.5. The van der Waals surface area contributed by atoms with Gasteiger partial charge >= 0.3 is 0 Å². The molecular weight excluding hydrogens is 222 g/mol. The highest BCUT2D eigenvalue weighted by molar-refractivity contribution is 5.59. The van der Waals surface area contributed by atoms with Gasteiger partial charge < -0.3 is 10.1 Å². The maximum Gasteiger partial charge on any atom is 0.124 e. The van der Waals surface area contributed by atoms with E-state index < -0.39 is 0 Å². The third kappa shape index (κ3) is 2.33. The molecule has 1 aliphatic carbocycles. The fourth-order valence-corrected chi connectivity index (χ4v) is 3.24. The number of ether oxygens (including phenoxy) is 1. The summed E-state index contributed by atoms with van der Waals surface area (Å²) in [6.45, 7) is 5.78. The van der Waals surface area contributed by atoms with Crippen molar-refractivity contribution in [2.24, 2.45) is 5.41 Å². The lowest BCUT2D eigenvalue weighted by molar-refractivity contribution is 0.191. The molecule has 1 N–H and O–H groups in total. The lowest BCUT2D eigenvalue weighted by Gasteiger charge is -2.23. The number of nitrogens with one attached hydrogen (secondary N) is 1. The standard InChI is InChI=1S/C16H23NO/c1-16(2)9-8-12(11-16)18-15-7-3-6-14-13(15)5-4-10-17-14/h3,6-7,12,17H,4-5,8-11H2,1-2H3. The fourth-order valence-electron chi connectivity index (χ4n) is 3.24. The van der Waals surface area contributed by atoms with E-state index in [-0.39, 0.29) is 0 Å². The molecule has 0 amide bonds. The molecule has 1 fully saturated rings. The summed E-state index contributed by atoms with van der Waals surface area (Å²) in [6, 6.07) is 6.41. The molecule has 1 heterocycles. The monoisotopic (exact) mass is 245 g/mol. The van der Waals surface area contributed by atoms with Crippen LogP contribution in [0.4, 0.5) is 5.69 Å². The first-order valence-corrected chi connectivity index (χ1v) is 7.16. The molecule has 2 aliphatic rings. The van der Waals surface area contributed by atoms with Crippen molar-refractivity contribution in [3.05, 3.63) is 23.8 Å². The van der Waals surface area contributed by atoms with Gasteiger partial charge in [0, 0.05) is 17.8 Å². The molecule has 98 valence electrons. The maximum atomic E-state index is 6.27. The van der Waals surface area contributed by atoms with E-state index in [0.717, 1.165) is 18.7 Å². The molecule has 1 atom stereocenters. The van der Waals surface area contributed by atoms with Gasteiger partial charge in [0.1, 0.15) is 5.75 Å². The summed E-state index contributed by atoms with van der Waals surface area (Å²) in [7, 11) is 0. The zero-order valence-electron chi connectivity index (χ0n) is 11.5. The number of fused-ring (bicyclic) bond motifs is 1. The first-order chi connectivity index (χ1) is 8.64. The van der Waals surface area contributed by atoms with E-state index in [9.17, 15) is 0 Å². The average molecular weight is 245 g/mol. The van der Waals surface area contributed by atoms with Crippen LogP contribution < -0.4 is 10.1 Å². The fraction of sp³-hybridized carbons (Fsp3) is 0.625. The van der Waals surface area contributed by atoms with Crippen LogP contribution in [-0.4, -0.2) is 12.6 Å². The van der Waals surface area contributed by atoms with Gasteiger partial charge in [0.25, 0.3) is 0 Å². The van der Waals surface area contributed by atoms with Gasteiger partial charge in [-0.1, -0.05) is 19.9 Å². The normalized spacial score (nSPS) is 25.3. The Morgan fingerprint density at radius 3 is 3.00 bits per heavy atom. The topological polar surface area (TPSA) is 21.3 Å². The van der Waals surface area contributed by atoms with Crippen LogP contribution in [0.3, 0.4) is 0 Å². The van der Waals surface area contributed by atoms with Gasteiger partial charge in [-0.05, 0) is 49.7 Å². The smallest absolute Gasteiger partial charge is 0.124 e. The predicted octanol–water partition coefficient (Wildman–Crippen LogP) is 4.00. The van der Waals surface area contributed by atoms with Gasteiger partial charge in [-0.3, -0.25) is 0 Å². The van der Waals surface area contributed by atoms with Crippen LogP contribution in [0, 0.1) is 5.41 Å². The second-order valence-corrected chi connectivity index (χ2v) is 6.46. The molecule has 0 radical (unpaired) electrons. The first kappa shape index (κ1) is 11.9. The third-order valence-electron chi connectivity index (χ3n) is 4.27. The zero-order valence-corrected chi connectivity index (χ0v) is 11.5. The molecule has 1 aliphatic heterocycles. The van der Waals surface area contributed by atoms with E-state index in [0.29, 0.717) is 11.5 Å². The van der Waals surface area contributed by atoms with Crippen molar-refractivity contribution < 1.29 is 4.74 Å². The van der Waals surface area contributed by atoms with Gasteiger partial charge in [0.05, 0.1) is 6.10 Å². The summed E-state index contributed by atoms with van der Waals surface area (Å²) in [6.07, 6.45) is 6.44. The van der Waals surface area contributed by atoms with Crippen molar-refractivity contribution in [2.45, 2.75) is 52.1 Å². The largest absolute Gasteiger partial charge is 0.490 e. The van der Waals surface area contributed by atoms with Crippen LogP contribution in [0.25, 0.3) is 0 Å². The number of rotatable bonds is 2. The Hall–Kier alpha value is -1.18. The summed E-state index contributed by atoms with van der Waals surface area (Å²) in [5, 5.41) is 3.46. The highest BCUT2D eigenvalue weighted by Gasteiger charge is 2.32. The van der Waals surface area contributed by atoms with Gasteiger partial charge in [-0.2, -0.15) is 0 Å². The minimum absolute atomic E-state index is 0.411. The van der Waals surface area contributed by atoms with Crippen LogP contribution in [0.5, 0.6) is 5.75 Å². The predicted molar refractivity (Wildman–Crippen MR) is 75.3 cm³/mol. The van der Waals surface area contributed by atoms with E-state index in [1.54, 1.807) is 0 Å². The van der Waals surface area contributed by atoms with Crippen molar-refractivity contribution in [3.63, 3.8) is 0 Å². The summed E-state index contributed by atoms with van der Waals surface area (Å²) >= 11 is 0. The Balaban J connectivity index is 1.77. The summed E-state index contributed by atoms with van der Waals surface area (Å²) in [5.41, 5.74) is 3.11. The van der Waals surface area contributed by atoms with E-state index >= 15 is 0 Å². The lowest BCUT2D eigenvalue weighted by Crippen LogP contribution is -2.18. The molecule has 2 nitrogen and oxygen atoms in total. The minimum atomic E-state index is 0.411. The second-order valence-electron chi connectivity index (χ2n) is 6.46. The first-order valence-electron chi connectivity index (χ1n) is 7.16.